The highest BCUT2D eigenvalue weighted by atomic mass is 31.1. The lowest BCUT2D eigenvalue weighted by molar-refractivity contribution is -0.428. The molecule has 0 aliphatic carbocycles. The zero-order chi connectivity index (χ0) is 7.44. The molecular weight excluding hydrogens is 141 g/mol. The molecule has 0 heterocycles. The summed E-state index contributed by atoms with van der Waals surface area (Å²) < 4.78 is 14.5. The summed E-state index contributed by atoms with van der Waals surface area (Å²) in [6.45, 7) is 3.53. The van der Waals surface area contributed by atoms with Crippen LogP contribution in [-0.4, -0.2) is 17.0 Å². The van der Waals surface area contributed by atoms with Gasteiger partial charge in [-0.2, -0.15) is 0 Å². The molecule has 3 atom stereocenters. The van der Waals surface area contributed by atoms with Crippen molar-refractivity contribution < 1.29 is 19.7 Å². The minimum Gasteiger partial charge on any atom is -0.353 e. The average Bonchev–Trinajstić information content (AvgIpc) is 1.63. The van der Waals surface area contributed by atoms with Crippen molar-refractivity contribution in [3.63, 3.8) is 0 Å². The number of rotatable bonds is 3. The topological polar surface area (TPSA) is 74.2 Å². The average molecular weight is 153 g/mol. The number of quaternary nitrogens is 1. The summed E-state index contributed by atoms with van der Waals surface area (Å²) >= 11 is 0. The van der Waals surface area contributed by atoms with Gasteiger partial charge in [0.2, 0.25) is 0 Å². The van der Waals surface area contributed by atoms with Crippen LogP contribution in [0.4, 0.5) is 0 Å². The fourth-order valence-electron chi connectivity index (χ4n) is 0.246. The van der Waals surface area contributed by atoms with E-state index in [9.17, 15) is 4.57 Å². The van der Waals surface area contributed by atoms with Crippen LogP contribution in [-0.2, 0) is 9.09 Å². The summed E-state index contributed by atoms with van der Waals surface area (Å²) in [5.74, 6) is 0. The quantitative estimate of drug-likeness (QED) is 0.545. The molecule has 4 nitrogen and oxygen atoms in total. The molecule has 54 valence electrons. The molecule has 0 aliphatic heterocycles. The molecule has 0 fully saturated rings. The summed E-state index contributed by atoms with van der Waals surface area (Å²) in [5.41, 5.74) is 3.63. The van der Waals surface area contributed by atoms with Gasteiger partial charge in [-0.05, 0) is 13.8 Å². The summed E-state index contributed by atoms with van der Waals surface area (Å²) in [7, 11) is -2.46. The van der Waals surface area contributed by atoms with Crippen LogP contribution in [0.2, 0.25) is 0 Å². The summed E-state index contributed by atoms with van der Waals surface area (Å²) in [6, 6.07) is 0.0381. The molecule has 4 N–H and O–H groups in total. The van der Waals surface area contributed by atoms with E-state index in [1.54, 1.807) is 6.92 Å². The Hall–Kier alpha value is -0.0200. The SMILES string of the molecule is CC([NH3+])C(C)O[P+](=O)O. The van der Waals surface area contributed by atoms with Gasteiger partial charge in [0.05, 0.1) is 0 Å². The number of hydrogen-bond acceptors (Lipinski definition) is 2. The van der Waals surface area contributed by atoms with Crippen molar-refractivity contribution in [2.45, 2.75) is 26.0 Å². The van der Waals surface area contributed by atoms with Crippen LogP contribution in [0.5, 0.6) is 0 Å². The van der Waals surface area contributed by atoms with E-state index in [2.05, 4.69) is 10.3 Å². The van der Waals surface area contributed by atoms with Crippen LogP contribution in [0.3, 0.4) is 0 Å². The number of hydrogen-bond donors (Lipinski definition) is 2. The van der Waals surface area contributed by atoms with E-state index < -0.39 is 8.25 Å². The Balaban J connectivity index is 3.50. The van der Waals surface area contributed by atoms with E-state index >= 15 is 0 Å². The van der Waals surface area contributed by atoms with Crippen LogP contribution in [0.1, 0.15) is 13.8 Å². The lowest BCUT2D eigenvalue weighted by Gasteiger charge is -2.02. The van der Waals surface area contributed by atoms with Crippen LogP contribution < -0.4 is 5.73 Å². The molecule has 0 amide bonds. The van der Waals surface area contributed by atoms with Crippen molar-refractivity contribution >= 4 is 8.25 Å². The van der Waals surface area contributed by atoms with E-state index in [4.69, 9.17) is 4.89 Å². The largest absolute Gasteiger partial charge is 0.695 e. The predicted octanol–water partition coefficient (Wildman–Crippen LogP) is -0.328. The standard InChI is InChI=1S/C4H10NO3P/c1-3(5)4(2)8-9(6)7/h3-4H,5H2,1-2H3/p+2. The Morgan fingerprint density at radius 2 is 2.11 bits per heavy atom. The predicted molar refractivity (Wildman–Crippen MR) is 32.7 cm³/mol. The third kappa shape index (κ3) is 4.48. The van der Waals surface area contributed by atoms with Crippen LogP contribution >= 0.6 is 8.25 Å². The van der Waals surface area contributed by atoms with E-state index in [-0.39, 0.29) is 12.1 Å². The highest BCUT2D eigenvalue weighted by Crippen LogP contribution is 2.18. The molecule has 0 spiro atoms. The van der Waals surface area contributed by atoms with Crippen molar-refractivity contribution in [3.05, 3.63) is 0 Å². The van der Waals surface area contributed by atoms with Crippen molar-refractivity contribution in [2.24, 2.45) is 0 Å². The second-order valence-corrected chi connectivity index (χ2v) is 2.71. The lowest BCUT2D eigenvalue weighted by atomic mass is 10.2. The highest BCUT2D eigenvalue weighted by Gasteiger charge is 2.23. The Morgan fingerprint density at radius 3 is 2.22 bits per heavy atom. The van der Waals surface area contributed by atoms with Gasteiger partial charge in [-0.15, -0.1) is 9.42 Å². The molecular formula is C4H12NO3P+2. The fourth-order valence-corrected chi connectivity index (χ4v) is 0.738. The third-order valence-corrected chi connectivity index (χ3v) is 1.57. The lowest BCUT2D eigenvalue weighted by Crippen LogP contribution is -2.64. The Bertz CT molecular complexity index is 106. The van der Waals surface area contributed by atoms with E-state index in [1.165, 1.54) is 0 Å². The van der Waals surface area contributed by atoms with Crippen LogP contribution in [0.15, 0.2) is 0 Å². The van der Waals surface area contributed by atoms with E-state index in [0.717, 1.165) is 0 Å². The Kier molecular flexibility index (Phi) is 3.89. The van der Waals surface area contributed by atoms with E-state index in [1.807, 2.05) is 6.92 Å². The van der Waals surface area contributed by atoms with Gasteiger partial charge >= 0.3 is 8.25 Å². The van der Waals surface area contributed by atoms with Crippen molar-refractivity contribution in [3.8, 4) is 0 Å². The fraction of sp³-hybridized carbons (Fsp3) is 1.00. The molecule has 0 rings (SSSR count). The molecule has 5 heteroatoms. The molecule has 0 aromatic rings. The Morgan fingerprint density at radius 1 is 1.67 bits per heavy atom. The first-order valence-corrected chi connectivity index (χ1v) is 3.83. The van der Waals surface area contributed by atoms with Gasteiger partial charge in [0, 0.05) is 4.57 Å². The first kappa shape index (κ1) is 8.98. The third-order valence-electron chi connectivity index (χ3n) is 1.06. The normalized spacial score (nSPS) is 18.9. The monoisotopic (exact) mass is 153 g/mol. The molecule has 0 saturated carbocycles. The highest BCUT2D eigenvalue weighted by molar-refractivity contribution is 7.32. The first-order chi connectivity index (χ1) is 4.04. The first-order valence-electron chi connectivity index (χ1n) is 2.70. The molecule has 0 aromatic carbocycles. The van der Waals surface area contributed by atoms with Gasteiger partial charge < -0.3 is 5.73 Å². The van der Waals surface area contributed by atoms with E-state index in [0.29, 0.717) is 0 Å². The minimum atomic E-state index is -2.46. The maximum Gasteiger partial charge on any atom is 0.695 e. The van der Waals surface area contributed by atoms with Crippen molar-refractivity contribution in [1.29, 1.82) is 0 Å². The van der Waals surface area contributed by atoms with Gasteiger partial charge in [0.15, 0.2) is 6.10 Å². The molecule has 0 aliphatic rings. The zero-order valence-electron chi connectivity index (χ0n) is 5.57. The molecule has 3 unspecified atom stereocenters. The maximum absolute atomic E-state index is 10.0. The smallest absolute Gasteiger partial charge is 0.353 e. The van der Waals surface area contributed by atoms with Gasteiger partial charge in [-0.25, -0.2) is 0 Å². The van der Waals surface area contributed by atoms with Crippen molar-refractivity contribution in [1.82, 2.24) is 0 Å². The summed E-state index contributed by atoms with van der Waals surface area (Å²) in [6.07, 6.45) is -0.251. The molecule has 0 radical (unpaired) electrons. The van der Waals surface area contributed by atoms with Crippen LogP contribution in [0, 0.1) is 0 Å². The zero-order valence-corrected chi connectivity index (χ0v) is 6.47. The van der Waals surface area contributed by atoms with Gasteiger partial charge in [-0.3, -0.25) is 0 Å². The minimum absolute atomic E-state index is 0.0381. The molecule has 0 bridgehead atoms. The van der Waals surface area contributed by atoms with Gasteiger partial charge in [-0.1, -0.05) is 0 Å². The second kappa shape index (κ2) is 3.90. The Labute approximate surface area is 55.0 Å². The molecule has 9 heavy (non-hydrogen) atoms. The molecule has 0 saturated heterocycles. The van der Waals surface area contributed by atoms with Crippen molar-refractivity contribution in [2.75, 3.05) is 0 Å². The van der Waals surface area contributed by atoms with Gasteiger partial charge in [0.25, 0.3) is 0 Å². The maximum atomic E-state index is 10.0. The molecule has 0 aromatic heterocycles. The second-order valence-electron chi connectivity index (χ2n) is 2.03. The summed E-state index contributed by atoms with van der Waals surface area (Å²) in [4.78, 5) is 8.23. The summed E-state index contributed by atoms with van der Waals surface area (Å²) in [5, 5.41) is 0. The van der Waals surface area contributed by atoms with Gasteiger partial charge in [0.1, 0.15) is 6.04 Å². The van der Waals surface area contributed by atoms with Crippen LogP contribution in [0.25, 0.3) is 0 Å².